The van der Waals surface area contributed by atoms with Gasteiger partial charge < -0.3 is 10.6 Å². The predicted octanol–water partition coefficient (Wildman–Crippen LogP) is 1.01. The van der Waals surface area contributed by atoms with E-state index in [4.69, 9.17) is 0 Å². The number of aromatic amines is 1. The number of nitrogens with one attached hydrogen (secondary N) is 3. The van der Waals surface area contributed by atoms with E-state index in [9.17, 15) is 4.79 Å². The van der Waals surface area contributed by atoms with Crippen LogP contribution in [0.3, 0.4) is 0 Å². The Bertz CT molecular complexity index is 438. The SMILES string of the molecule is CC1CCNCC1NC(=O)c1cc(C2CC2)[nH]n1. The maximum Gasteiger partial charge on any atom is 0.272 e. The first kappa shape index (κ1) is 11.7. The highest BCUT2D eigenvalue weighted by Crippen LogP contribution is 2.38. The third kappa shape index (κ3) is 2.41. The second-order valence-corrected chi connectivity index (χ2v) is 5.53. The quantitative estimate of drug-likeness (QED) is 0.748. The summed E-state index contributed by atoms with van der Waals surface area (Å²) in [5.74, 6) is 1.07. The van der Waals surface area contributed by atoms with E-state index >= 15 is 0 Å². The molecule has 1 aliphatic carbocycles. The molecule has 0 bridgehead atoms. The van der Waals surface area contributed by atoms with Crippen LogP contribution in [0.25, 0.3) is 0 Å². The normalized spacial score (nSPS) is 28.1. The molecule has 2 fully saturated rings. The number of rotatable bonds is 3. The molecule has 5 nitrogen and oxygen atoms in total. The fraction of sp³-hybridized carbons (Fsp3) is 0.692. The highest BCUT2D eigenvalue weighted by Gasteiger charge is 2.28. The van der Waals surface area contributed by atoms with Gasteiger partial charge in [0, 0.05) is 24.2 Å². The van der Waals surface area contributed by atoms with Crippen molar-refractivity contribution in [3.05, 3.63) is 17.5 Å². The van der Waals surface area contributed by atoms with Gasteiger partial charge in [-0.1, -0.05) is 6.92 Å². The van der Waals surface area contributed by atoms with Gasteiger partial charge in [0.2, 0.25) is 0 Å². The Morgan fingerprint density at radius 1 is 1.44 bits per heavy atom. The summed E-state index contributed by atoms with van der Waals surface area (Å²) in [6.45, 7) is 4.08. The van der Waals surface area contributed by atoms with Crippen LogP contribution in [-0.2, 0) is 0 Å². The second-order valence-electron chi connectivity index (χ2n) is 5.53. The third-order valence-electron chi connectivity index (χ3n) is 3.99. The summed E-state index contributed by atoms with van der Waals surface area (Å²) in [6.07, 6.45) is 3.54. The highest BCUT2D eigenvalue weighted by molar-refractivity contribution is 5.92. The number of nitrogens with zero attached hydrogens (tertiary/aromatic N) is 1. The average Bonchev–Trinajstić information content (AvgIpc) is 3.10. The van der Waals surface area contributed by atoms with Crippen LogP contribution in [0.15, 0.2) is 6.07 Å². The molecule has 2 aliphatic rings. The standard InChI is InChI=1S/C13H20N4O/c1-8-4-5-14-7-12(8)15-13(18)11-6-10(16-17-11)9-2-3-9/h6,8-9,12,14H,2-5,7H2,1H3,(H,15,18)(H,16,17). The minimum atomic E-state index is -0.0568. The zero-order valence-electron chi connectivity index (χ0n) is 10.7. The minimum absolute atomic E-state index is 0.0568. The molecule has 98 valence electrons. The molecular formula is C13H20N4O. The molecule has 1 aromatic heterocycles. The Morgan fingerprint density at radius 2 is 2.28 bits per heavy atom. The van der Waals surface area contributed by atoms with Gasteiger partial charge in [0.15, 0.2) is 0 Å². The first-order valence-electron chi connectivity index (χ1n) is 6.81. The van der Waals surface area contributed by atoms with Crippen LogP contribution in [0.4, 0.5) is 0 Å². The lowest BCUT2D eigenvalue weighted by Gasteiger charge is -2.29. The van der Waals surface area contributed by atoms with E-state index in [1.54, 1.807) is 0 Å². The van der Waals surface area contributed by atoms with Crippen LogP contribution >= 0.6 is 0 Å². The number of carbonyl (C=O) groups excluding carboxylic acids is 1. The molecule has 1 aliphatic heterocycles. The maximum absolute atomic E-state index is 12.1. The zero-order chi connectivity index (χ0) is 12.5. The smallest absolute Gasteiger partial charge is 0.272 e. The van der Waals surface area contributed by atoms with Gasteiger partial charge in [-0.25, -0.2) is 0 Å². The van der Waals surface area contributed by atoms with Gasteiger partial charge in [0.05, 0.1) is 0 Å². The topological polar surface area (TPSA) is 69.8 Å². The Kier molecular flexibility index (Phi) is 3.07. The number of piperidine rings is 1. The van der Waals surface area contributed by atoms with Crippen molar-refractivity contribution in [1.29, 1.82) is 0 Å². The van der Waals surface area contributed by atoms with Gasteiger partial charge in [0.1, 0.15) is 5.69 Å². The highest BCUT2D eigenvalue weighted by atomic mass is 16.2. The number of hydrogen-bond donors (Lipinski definition) is 3. The lowest BCUT2D eigenvalue weighted by molar-refractivity contribution is 0.0910. The second kappa shape index (κ2) is 4.72. The summed E-state index contributed by atoms with van der Waals surface area (Å²) in [6, 6.07) is 2.11. The molecule has 1 saturated heterocycles. The third-order valence-corrected chi connectivity index (χ3v) is 3.99. The van der Waals surface area contributed by atoms with E-state index in [1.165, 1.54) is 12.8 Å². The molecule has 2 atom stereocenters. The van der Waals surface area contributed by atoms with E-state index in [0.717, 1.165) is 25.2 Å². The minimum Gasteiger partial charge on any atom is -0.346 e. The lowest BCUT2D eigenvalue weighted by atomic mass is 9.95. The van der Waals surface area contributed by atoms with Crippen LogP contribution < -0.4 is 10.6 Å². The van der Waals surface area contributed by atoms with Crippen LogP contribution in [0.5, 0.6) is 0 Å². The van der Waals surface area contributed by atoms with Crippen molar-refractivity contribution in [2.75, 3.05) is 13.1 Å². The van der Waals surface area contributed by atoms with E-state index in [2.05, 4.69) is 27.8 Å². The molecule has 3 N–H and O–H groups in total. The number of H-pyrrole nitrogens is 1. The molecule has 0 radical (unpaired) electrons. The summed E-state index contributed by atoms with van der Waals surface area (Å²) in [7, 11) is 0. The van der Waals surface area contributed by atoms with Crippen molar-refractivity contribution in [3.8, 4) is 0 Å². The molecule has 0 aromatic carbocycles. The van der Waals surface area contributed by atoms with Crippen LogP contribution in [-0.4, -0.2) is 35.2 Å². The zero-order valence-corrected chi connectivity index (χ0v) is 10.7. The molecule has 0 spiro atoms. The number of hydrogen-bond acceptors (Lipinski definition) is 3. The fourth-order valence-corrected chi connectivity index (χ4v) is 2.48. The lowest BCUT2D eigenvalue weighted by Crippen LogP contribution is -2.50. The van der Waals surface area contributed by atoms with Crippen molar-refractivity contribution in [3.63, 3.8) is 0 Å². The summed E-state index contributed by atoms with van der Waals surface area (Å²) in [4.78, 5) is 12.1. The number of aromatic nitrogens is 2. The van der Waals surface area contributed by atoms with Crippen LogP contribution in [0.1, 0.15) is 48.3 Å². The first-order valence-corrected chi connectivity index (χ1v) is 6.81. The summed E-state index contributed by atoms with van der Waals surface area (Å²) < 4.78 is 0. The van der Waals surface area contributed by atoms with Gasteiger partial charge >= 0.3 is 0 Å². The molecule has 1 amide bonds. The van der Waals surface area contributed by atoms with Crippen molar-refractivity contribution in [2.45, 2.75) is 38.1 Å². The van der Waals surface area contributed by atoms with E-state index in [-0.39, 0.29) is 11.9 Å². The van der Waals surface area contributed by atoms with Crippen molar-refractivity contribution >= 4 is 5.91 Å². The number of amides is 1. The predicted molar refractivity (Wildman–Crippen MR) is 68.5 cm³/mol. The van der Waals surface area contributed by atoms with Crippen LogP contribution in [0.2, 0.25) is 0 Å². The van der Waals surface area contributed by atoms with Crippen molar-refractivity contribution < 1.29 is 4.79 Å². The fourth-order valence-electron chi connectivity index (χ4n) is 2.48. The Labute approximate surface area is 107 Å². The van der Waals surface area contributed by atoms with Gasteiger partial charge in [0.25, 0.3) is 5.91 Å². The average molecular weight is 248 g/mol. The maximum atomic E-state index is 12.1. The summed E-state index contributed by atoms with van der Waals surface area (Å²) in [5.41, 5.74) is 1.63. The molecule has 3 rings (SSSR count). The monoisotopic (exact) mass is 248 g/mol. The molecular weight excluding hydrogens is 228 g/mol. The summed E-state index contributed by atoms with van der Waals surface area (Å²) in [5, 5.41) is 13.5. The van der Waals surface area contributed by atoms with E-state index < -0.39 is 0 Å². The summed E-state index contributed by atoms with van der Waals surface area (Å²) >= 11 is 0. The molecule has 2 heterocycles. The van der Waals surface area contributed by atoms with Crippen molar-refractivity contribution in [2.24, 2.45) is 5.92 Å². The first-order chi connectivity index (χ1) is 8.74. The molecule has 1 saturated carbocycles. The van der Waals surface area contributed by atoms with E-state index in [1.807, 2.05) is 6.07 Å². The van der Waals surface area contributed by atoms with Crippen LogP contribution in [0, 0.1) is 5.92 Å². The largest absolute Gasteiger partial charge is 0.346 e. The van der Waals surface area contributed by atoms with Gasteiger partial charge in [-0.3, -0.25) is 9.89 Å². The Hall–Kier alpha value is -1.36. The van der Waals surface area contributed by atoms with Crippen molar-refractivity contribution in [1.82, 2.24) is 20.8 Å². The van der Waals surface area contributed by atoms with Gasteiger partial charge in [-0.05, 0) is 37.8 Å². The Morgan fingerprint density at radius 3 is 3.00 bits per heavy atom. The Balaban J connectivity index is 1.62. The molecule has 1 aromatic rings. The number of carbonyl (C=O) groups is 1. The van der Waals surface area contributed by atoms with E-state index in [0.29, 0.717) is 17.5 Å². The molecule has 2 unspecified atom stereocenters. The molecule has 5 heteroatoms. The van der Waals surface area contributed by atoms with Gasteiger partial charge in [-0.2, -0.15) is 5.10 Å². The van der Waals surface area contributed by atoms with Gasteiger partial charge in [-0.15, -0.1) is 0 Å². The molecule has 18 heavy (non-hydrogen) atoms.